The van der Waals surface area contributed by atoms with E-state index >= 15 is 0 Å². The molecule has 0 bridgehead atoms. The van der Waals surface area contributed by atoms with Gasteiger partial charge in [-0.05, 0) is 25.1 Å². The summed E-state index contributed by atoms with van der Waals surface area (Å²) in [6.07, 6.45) is 0.0681. The zero-order valence-corrected chi connectivity index (χ0v) is 11.5. The molecule has 0 amide bonds. The average molecular weight is 313 g/mol. The van der Waals surface area contributed by atoms with Crippen LogP contribution >= 0.6 is 15.9 Å². The van der Waals surface area contributed by atoms with Crippen LogP contribution in [-0.2, 0) is 9.53 Å². The van der Waals surface area contributed by atoms with E-state index in [1.54, 1.807) is 19.1 Å². The van der Waals surface area contributed by atoms with Gasteiger partial charge >= 0.3 is 5.97 Å². The quantitative estimate of drug-likeness (QED) is 0.805. The maximum Gasteiger partial charge on any atom is 0.306 e. The van der Waals surface area contributed by atoms with Crippen molar-refractivity contribution in [1.82, 2.24) is 0 Å². The second-order valence-corrected chi connectivity index (χ2v) is 4.94. The second-order valence-electron chi connectivity index (χ2n) is 4.02. The summed E-state index contributed by atoms with van der Waals surface area (Å²) in [5, 5.41) is 0. The van der Waals surface area contributed by atoms with Crippen molar-refractivity contribution in [2.45, 2.75) is 13.3 Å². The lowest BCUT2D eigenvalue weighted by atomic mass is 9.92. The van der Waals surface area contributed by atoms with E-state index in [4.69, 9.17) is 9.47 Å². The average Bonchev–Trinajstić information content (AvgIpc) is 2.34. The number of hydrogen-bond donors (Lipinski definition) is 0. The maximum atomic E-state index is 12.2. The van der Waals surface area contributed by atoms with E-state index in [1.807, 2.05) is 6.07 Å². The largest absolute Gasteiger partial charge is 0.492 e. The number of ketones is 1. The molecular weight excluding hydrogens is 300 g/mol. The molecule has 1 aliphatic heterocycles. The number of ether oxygens (including phenoxy) is 2. The fraction of sp³-hybridized carbons (Fsp3) is 0.385. The topological polar surface area (TPSA) is 52.6 Å². The number of rotatable bonds is 3. The van der Waals surface area contributed by atoms with E-state index in [0.717, 1.165) is 4.47 Å². The Morgan fingerprint density at radius 1 is 1.56 bits per heavy atom. The number of hydrogen-bond acceptors (Lipinski definition) is 4. The number of esters is 1. The van der Waals surface area contributed by atoms with E-state index < -0.39 is 5.92 Å². The summed E-state index contributed by atoms with van der Waals surface area (Å²) in [6.45, 7) is 2.29. The molecule has 0 aliphatic carbocycles. The SMILES string of the molecule is CCOC(=O)CC1COc2ccc(Br)cc2C1=O. The summed E-state index contributed by atoms with van der Waals surface area (Å²) >= 11 is 3.31. The lowest BCUT2D eigenvalue weighted by molar-refractivity contribution is -0.144. The van der Waals surface area contributed by atoms with Crippen LogP contribution in [-0.4, -0.2) is 25.0 Å². The molecule has 1 heterocycles. The van der Waals surface area contributed by atoms with Gasteiger partial charge in [-0.1, -0.05) is 15.9 Å². The van der Waals surface area contributed by atoms with Crippen LogP contribution in [0.2, 0.25) is 0 Å². The summed E-state index contributed by atoms with van der Waals surface area (Å²) < 4.78 is 11.2. The third-order valence-electron chi connectivity index (χ3n) is 2.74. The highest BCUT2D eigenvalue weighted by molar-refractivity contribution is 9.10. The second kappa shape index (κ2) is 5.52. The molecule has 0 saturated heterocycles. The third-order valence-corrected chi connectivity index (χ3v) is 3.23. The Labute approximate surface area is 113 Å². The minimum Gasteiger partial charge on any atom is -0.492 e. The van der Waals surface area contributed by atoms with Gasteiger partial charge in [0.15, 0.2) is 5.78 Å². The highest BCUT2D eigenvalue weighted by atomic mass is 79.9. The van der Waals surface area contributed by atoms with Gasteiger partial charge < -0.3 is 9.47 Å². The predicted octanol–water partition coefficient (Wildman–Crippen LogP) is 2.59. The molecule has 5 heteroatoms. The number of carbonyl (C=O) groups excluding carboxylic acids is 2. The molecule has 0 fully saturated rings. The normalized spacial score (nSPS) is 17.9. The van der Waals surface area contributed by atoms with Crippen LogP contribution in [0, 0.1) is 5.92 Å². The molecule has 0 aromatic heterocycles. The summed E-state index contributed by atoms with van der Waals surface area (Å²) in [5.41, 5.74) is 0.518. The summed E-state index contributed by atoms with van der Waals surface area (Å²) in [6, 6.07) is 5.28. The molecule has 96 valence electrons. The molecule has 4 nitrogen and oxygen atoms in total. The van der Waals surface area contributed by atoms with Crippen LogP contribution in [0.25, 0.3) is 0 Å². The first-order chi connectivity index (χ1) is 8.61. The smallest absolute Gasteiger partial charge is 0.306 e. The summed E-state index contributed by atoms with van der Waals surface area (Å²) in [5.74, 6) is -0.308. The lowest BCUT2D eigenvalue weighted by Crippen LogP contribution is -2.30. The van der Waals surface area contributed by atoms with Crippen molar-refractivity contribution in [2.24, 2.45) is 5.92 Å². The first-order valence-corrected chi connectivity index (χ1v) is 6.53. The van der Waals surface area contributed by atoms with E-state index in [9.17, 15) is 9.59 Å². The van der Waals surface area contributed by atoms with E-state index in [2.05, 4.69) is 15.9 Å². The molecule has 1 atom stereocenters. The maximum absolute atomic E-state index is 12.2. The van der Waals surface area contributed by atoms with Crippen LogP contribution in [0.4, 0.5) is 0 Å². The third kappa shape index (κ3) is 2.72. The first-order valence-electron chi connectivity index (χ1n) is 5.74. The van der Waals surface area contributed by atoms with Crippen LogP contribution in [0.15, 0.2) is 22.7 Å². The fourth-order valence-electron chi connectivity index (χ4n) is 1.88. The van der Waals surface area contributed by atoms with Crippen molar-refractivity contribution < 1.29 is 19.1 Å². The van der Waals surface area contributed by atoms with Crippen molar-refractivity contribution in [3.8, 4) is 5.75 Å². The summed E-state index contributed by atoms with van der Waals surface area (Å²) in [4.78, 5) is 23.6. The summed E-state index contributed by atoms with van der Waals surface area (Å²) in [7, 11) is 0. The fourth-order valence-corrected chi connectivity index (χ4v) is 2.24. The Morgan fingerprint density at radius 3 is 3.06 bits per heavy atom. The Balaban J connectivity index is 2.15. The van der Waals surface area contributed by atoms with Gasteiger partial charge in [-0.15, -0.1) is 0 Å². The molecule has 2 rings (SSSR count). The minimum atomic E-state index is -0.453. The number of benzene rings is 1. The molecular formula is C13H13BrO4. The van der Waals surface area contributed by atoms with Gasteiger partial charge in [0.05, 0.1) is 31.1 Å². The molecule has 0 spiro atoms. The number of halogens is 1. The number of fused-ring (bicyclic) bond motifs is 1. The van der Waals surface area contributed by atoms with Crippen LogP contribution < -0.4 is 4.74 Å². The monoisotopic (exact) mass is 312 g/mol. The van der Waals surface area contributed by atoms with E-state index in [1.165, 1.54) is 0 Å². The lowest BCUT2D eigenvalue weighted by Gasteiger charge is -2.23. The van der Waals surface area contributed by atoms with Gasteiger partial charge in [0.1, 0.15) is 5.75 Å². The number of Topliss-reactive ketones (excluding diaryl/α,β-unsaturated/α-hetero) is 1. The highest BCUT2D eigenvalue weighted by Gasteiger charge is 2.31. The molecule has 0 radical (unpaired) electrons. The Morgan fingerprint density at radius 2 is 2.33 bits per heavy atom. The first kappa shape index (κ1) is 13.1. The van der Waals surface area contributed by atoms with Crippen molar-refractivity contribution in [1.29, 1.82) is 0 Å². The highest BCUT2D eigenvalue weighted by Crippen LogP contribution is 2.31. The van der Waals surface area contributed by atoms with Crippen molar-refractivity contribution in [2.75, 3.05) is 13.2 Å². The molecule has 1 aliphatic rings. The van der Waals surface area contributed by atoms with Gasteiger partial charge in [0, 0.05) is 4.47 Å². The van der Waals surface area contributed by atoms with Gasteiger partial charge in [0.25, 0.3) is 0 Å². The van der Waals surface area contributed by atoms with Crippen LogP contribution in [0.3, 0.4) is 0 Å². The Hall–Kier alpha value is -1.36. The standard InChI is InChI=1S/C13H13BrO4/c1-2-17-12(15)5-8-7-18-11-4-3-9(14)6-10(11)13(8)16/h3-4,6,8H,2,5,7H2,1H3. The van der Waals surface area contributed by atoms with Crippen molar-refractivity contribution in [3.05, 3.63) is 28.2 Å². The molecule has 1 aromatic carbocycles. The van der Waals surface area contributed by atoms with Gasteiger partial charge in [-0.3, -0.25) is 9.59 Å². The zero-order valence-electron chi connectivity index (χ0n) is 9.94. The molecule has 0 N–H and O–H groups in total. The van der Waals surface area contributed by atoms with Crippen LogP contribution in [0.5, 0.6) is 5.75 Å². The van der Waals surface area contributed by atoms with Gasteiger partial charge in [0.2, 0.25) is 0 Å². The van der Waals surface area contributed by atoms with E-state index in [0.29, 0.717) is 17.9 Å². The minimum absolute atomic E-state index is 0.0643. The van der Waals surface area contributed by atoms with Crippen molar-refractivity contribution in [3.63, 3.8) is 0 Å². The Kier molecular flexibility index (Phi) is 4.01. The van der Waals surface area contributed by atoms with E-state index in [-0.39, 0.29) is 24.8 Å². The molecule has 18 heavy (non-hydrogen) atoms. The van der Waals surface area contributed by atoms with Gasteiger partial charge in [-0.2, -0.15) is 0 Å². The molecule has 0 saturated carbocycles. The van der Waals surface area contributed by atoms with Crippen molar-refractivity contribution >= 4 is 27.7 Å². The zero-order chi connectivity index (χ0) is 13.1. The predicted molar refractivity (Wildman–Crippen MR) is 68.7 cm³/mol. The number of carbonyl (C=O) groups is 2. The van der Waals surface area contributed by atoms with Gasteiger partial charge in [-0.25, -0.2) is 0 Å². The molecule has 1 unspecified atom stereocenters. The van der Waals surface area contributed by atoms with Crippen LogP contribution in [0.1, 0.15) is 23.7 Å². The Bertz CT molecular complexity index is 484. The molecule has 1 aromatic rings.